The number of nitrogens with one attached hydrogen (secondary N) is 1. The molecule has 1 N–H and O–H groups in total. The van der Waals surface area contributed by atoms with Gasteiger partial charge in [-0.3, -0.25) is 0 Å². The molecule has 0 aromatic rings. The summed E-state index contributed by atoms with van der Waals surface area (Å²) in [6.45, 7) is 7.79. The van der Waals surface area contributed by atoms with Crippen LogP contribution in [0.25, 0.3) is 0 Å². The van der Waals surface area contributed by atoms with Gasteiger partial charge in [0.1, 0.15) is 0 Å². The maximum Gasteiger partial charge on any atom is 0.000451 e. The number of hydrogen-bond acceptors (Lipinski definition) is 3. The van der Waals surface area contributed by atoms with Gasteiger partial charge in [-0.15, -0.1) is 24.8 Å². The van der Waals surface area contributed by atoms with Gasteiger partial charge in [-0.1, -0.05) is 0 Å². The second kappa shape index (κ2) is 11.1. The molecule has 0 aromatic carbocycles. The first-order chi connectivity index (χ1) is 8.74. The van der Waals surface area contributed by atoms with Crippen molar-refractivity contribution in [3.63, 3.8) is 0 Å². The number of likely N-dealkylation sites (tertiary alicyclic amines) is 1. The molecule has 20 heavy (non-hydrogen) atoms. The van der Waals surface area contributed by atoms with E-state index in [9.17, 15) is 0 Å². The van der Waals surface area contributed by atoms with Crippen LogP contribution in [0.2, 0.25) is 0 Å². The largest absolute Gasteiger partial charge is 0.317 e. The van der Waals surface area contributed by atoms with E-state index < -0.39 is 0 Å². The van der Waals surface area contributed by atoms with Crippen molar-refractivity contribution in [2.24, 2.45) is 11.8 Å². The van der Waals surface area contributed by atoms with E-state index in [0.717, 1.165) is 11.8 Å². The summed E-state index contributed by atoms with van der Waals surface area (Å²) in [7, 11) is 4.40. The highest BCUT2D eigenvalue weighted by Gasteiger charge is 2.20. The summed E-state index contributed by atoms with van der Waals surface area (Å²) in [6, 6.07) is 0. The van der Waals surface area contributed by atoms with E-state index in [0.29, 0.717) is 0 Å². The molecule has 0 amide bonds. The topological polar surface area (TPSA) is 18.5 Å². The molecule has 0 radical (unpaired) electrons. The van der Waals surface area contributed by atoms with E-state index in [1.54, 1.807) is 0 Å². The molecule has 0 bridgehead atoms. The Kier molecular flexibility index (Phi) is 11.3. The van der Waals surface area contributed by atoms with Crippen LogP contribution in [0.1, 0.15) is 32.1 Å². The van der Waals surface area contributed by atoms with Crippen molar-refractivity contribution >= 4 is 24.8 Å². The average molecular weight is 326 g/mol. The van der Waals surface area contributed by atoms with Gasteiger partial charge >= 0.3 is 0 Å². The maximum atomic E-state index is 3.46. The minimum absolute atomic E-state index is 0. The highest BCUT2D eigenvalue weighted by Crippen LogP contribution is 2.21. The highest BCUT2D eigenvalue weighted by atomic mass is 35.5. The van der Waals surface area contributed by atoms with Gasteiger partial charge in [0.05, 0.1) is 0 Å². The molecular formula is C15H33Cl2N3. The number of piperidine rings is 2. The predicted molar refractivity (Wildman–Crippen MR) is 92.4 cm³/mol. The van der Waals surface area contributed by atoms with Crippen LogP contribution in [0.5, 0.6) is 0 Å². The average Bonchev–Trinajstić information content (AvgIpc) is 2.38. The third kappa shape index (κ3) is 7.46. The zero-order valence-corrected chi connectivity index (χ0v) is 14.8. The van der Waals surface area contributed by atoms with Gasteiger partial charge in [0.25, 0.3) is 0 Å². The molecule has 5 heteroatoms. The second-order valence-electron chi connectivity index (χ2n) is 6.53. The summed E-state index contributed by atoms with van der Waals surface area (Å²) in [5.41, 5.74) is 0. The molecule has 0 aromatic heterocycles. The van der Waals surface area contributed by atoms with Gasteiger partial charge < -0.3 is 15.1 Å². The van der Waals surface area contributed by atoms with Crippen molar-refractivity contribution in [3.05, 3.63) is 0 Å². The quantitative estimate of drug-likeness (QED) is 0.837. The first-order valence-corrected chi connectivity index (χ1v) is 7.82. The summed E-state index contributed by atoms with van der Waals surface area (Å²) in [5, 5.41) is 3.46. The molecule has 2 fully saturated rings. The SMILES string of the molecule is CN(C)CC1CCN(CCC2CCNCC2)CC1.Cl.Cl. The second-order valence-corrected chi connectivity index (χ2v) is 6.53. The fourth-order valence-electron chi connectivity index (χ4n) is 3.44. The zero-order valence-electron chi connectivity index (χ0n) is 13.1. The molecule has 0 atom stereocenters. The Hall–Kier alpha value is 0.460. The van der Waals surface area contributed by atoms with Crippen LogP contribution in [0.4, 0.5) is 0 Å². The van der Waals surface area contributed by atoms with Crippen LogP contribution in [0.15, 0.2) is 0 Å². The van der Waals surface area contributed by atoms with Crippen molar-refractivity contribution < 1.29 is 0 Å². The molecule has 0 spiro atoms. The molecular weight excluding hydrogens is 293 g/mol. The molecule has 2 aliphatic rings. The molecule has 2 saturated heterocycles. The van der Waals surface area contributed by atoms with Crippen molar-refractivity contribution in [2.75, 3.05) is 53.4 Å². The summed E-state index contributed by atoms with van der Waals surface area (Å²) < 4.78 is 0. The van der Waals surface area contributed by atoms with E-state index in [1.807, 2.05) is 0 Å². The van der Waals surface area contributed by atoms with Crippen LogP contribution in [-0.2, 0) is 0 Å². The van der Waals surface area contributed by atoms with Crippen LogP contribution in [-0.4, -0.2) is 63.2 Å². The van der Waals surface area contributed by atoms with Gasteiger partial charge in [-0.2, -0.15) is 0 Å². The molecule has 0 saturated carbocycles. The van der Waals surface area contributed by atoms with E-state index in [2.05, 4.69) is 29.2 Å². The van der Waals surface area contributed by atoms with Gasteiger partial charge in [-0.05, 0) is 90.8 Å². The number of hydrogen-bond donors (Lipinski definition) is 1. The lowest BCUT2D eigenvalue weighted by molar-refractivity contribution is 0.151. The Labute approximate surface area is 137 Å². The molecule has 2 rings (SSSR count). The third-order valence-corrected chi connectivity index (χ3v) is 4.64. The smallest absolute Gasteiger partial charge is 0.000451 e. The molecule has 2 heterocycles. The lowest BCUT2D eigenvalue weighted by Crippen LogP contribution is -2.38. The monoisotopic (exact) mass is 325 g/mol. The van der Waals surface area contributed by atoms with Crippen molar-refractivity contribution in [1.82, 2.24) is 15.1 Å². The Morgan fingerprint density at radius 2 is 1.55 bits per heavy atom. The Bertz CT molecular complexity index is 225. The van der Waals surface area contributed by atoms with Crippen LogP contribution in [0.3, 0.4) is 0 Å². The van der Waals surface area contributed by atoms with Crippen LogP contribution >= 0.6 is 24.8 Å². The Morgan fingerprint density at radius 1 is 0.950 bits per heavy atom. The van der Waals surface area contributed by atoms with Gasteiger partial charge in [0.2, 0.25) is 0 Å². The van der Waals surface area contributed by atoms with E-state index in [1.165, 1.54) is 71.4 Å². The molecule has 0 aliphatic carbocycles. The molecule has 2 aliphatic heterocycles. The first kappa shape index (κ1) is 20.5. The van der Waals surface area contributed by atoms with Crippen molar-refractivity contribution in [1.29, 1.82) is 0 Å². The van der Waals surface area contributed by atoms with Gasteiger partial charge in [-0.25, -0.2) is 0 Å². The summed E-state index contributed by atoms with van der Waals surface area (Å²) in [5.74, 6) is 1.93. The van der Waals surface area contributed by atoms with Gasteiger partial charge in [0, 0.05) is 6.54 Å². The fourth-order valence-corrected chi connectivity index (χ4v) is 3.44. The highest BCUT2D eigenvalue weighted by molar-refractivity contribution is 5.85. The summed E-state index contributed by atoms with van der Waals surface area (Å²) in [6.07, 6.45) is 7.04. The third-order valence-electron chi connectivity index (χ3n) is 4.64. The number of nitrogens with zero attached hydrogens (tertiary/aromatic N) is 2. The standard InChI is InChI=1S/C15H31N3.2ClH/c1-17(2)13-15-6-11-18(12-7-15)10-5-14-3-8-16-9-4-14;;/h14-16H,3-13H2,1-2H3;2*1H. The van der Waals surface area contributed by atoms with E-state index >= 15 is 0 Å². The lowest BCUT2D eigenvalue weighted by atomic mass is 9.93. The zero-order chi connectivity index (χ0) is 12.8. The van der Waals surface area contributed by atoms with Gasteiger partial charge in [0.15, 0.2) is 0 Å². The minimum Gasteiger partial charge on any atom is -0.317 e. The van der Waals surface area contributed by atoms with E-state index in [4.69, 9.17) is 0 Å². The Morgan fingerprint density at radius 3 is 2.10 bits per heavy atom. The molecule has 3 nitrogen and oxygen atoms in total. The van der Waals surface area contributed by atoms with Crippen LogP contribution in [0, 0.1) is 11.8 Å². The minimum atomic E-state index is 0. The molecule has 0 unspecified atom stereocenters. The number of halogens is 2. The Balaban J connectivity index is 0.00000180. The summed E-state index contributed by atoms with van der Waals surface area (Å²) >= 11 is 0. The lowest BCUT2D eigenvalue weighted by Gasteiger charge is -2.34. The molecule has 122 valence electrons. The predicted octanol–water partition coefficient (Wildman–Crippen LogP) is 2.49. The van der Waals surface area contributed by atoms with Crippen molar-refractivity contribution in [3.8, 4) is 0 Å². The summed E-state index contributed by atoms with van der Waals surface area (Å²) in [4.78, 5) is 5.05. The number of rotatable bonds is 5. The first-order valence-electron chi connectivity index (χ1n) is 7.82. The van der Waals surface area contributed by atoms with E-state index in [-0.39, 0.29) is 24.8 Å². The normalized spacial score (nSPS) is 22.4. The fraction of sp³-hybridized carbons (Fsp3) is 1.00. The maximum absolute atomic E-state index is 3.46. The van der Waals surface area contributed by atoms with Crippen molar-refractivity contribution in [2.45, 2.75) is 32.1 Å². The van der Waals surface area contributed by atoms with Crippen LogP contribution < -0.4 is 5.32 Å².